The molecule has 2 aromatic rings. The van der Waals surface area contributed by atoms with E-state index in [1.54, 1.807) is 6.20 Å². The normalized spacial score (nSPS) is 10.5. The lowest BCUT2D eigenvalue weighted by Crippen LogP contribution is -2.04. The Morgan fingerprint density at radius 1 is 1.35 bits per heavy atom. The first kappa shape index (κ1) is 11.4. The number of hydrogen-bond donors (Lipinski definition) is 2. The van der Waals surface area contributed by atoms with Crippen molar-refractivity contribution in [2.24, 2.45) is 0 Å². The summed E-state index contributed by atoms with van der Waals surface area (Å²) in [5, 5.41) is 3.17. The van der Waals surface area contributed by atoms with Crippen LogP contribution in [0.1, 0.15) is 22.9 Å². The van der Waals surface area contributed by atoms with Gasteiger partial charge in [-0.1, -0.05) is 0 Å². The minimum Gasteiger partial charge on any atom is -0.444 e. The SMILES string of the molecule is Cc1cc(N)cnc1NCc1nc(C)c(C)o1. The summed E-state index contributed by atoms with van der Waals surface area (Å²) in [6.07, 6.45) is 1.63. The number of nitrogens with zero attached hydrogens (tertiary/aromatic N) is 2. The topological polar surface area (TPSA) is 77.0 Å². The maximum Gasteiger partial charge on any atom is 0.213 e. The molecule has 2 heterocycles. The number of pyridine rings is 1. The molecule has 0 aliphatic rings. The Bertz CT molecular complexity index is 514. The molecule has 0 bridgehead atoms. The molecule has 0 fully saturated rings. The molecular weight excluding hydrogens is 216 g/mol. The summed E-state index contributed by atoms with van der Waals surface area (Å²) in [5.74, 6) is 2.31. The molecule has 0 spiro atoms. The van der Waals surface area contributed by atoms with E-state index >= 15 is 0 Å². The van der Waals surface area contributed by atoms with Crippen LogP contribution < -0.4 is 11.1 Å². The summed E-state index contributed by atoms with van der Waals surface area (Å²) >= 11 is 0. The Kier molecular flexibility index (Phi) is 2.99. The van der Waals surface area contributed by atoms with Gasteiger partial charge in [-0.3, -0.25) is 0 Å². The number of rotatable bonds is 3. The van der Waals surface area contributed by atoms with Crippen molar-refractivity contribution in [2.75, 3.05) is 11.1 Å². The Balaban J connectivity index is 2.07. The Hall–Kier alpha value is -2.04. The zero-order valence-corrected chi connectivity index (χ0v) is 10.2. The quantitative estimate of drug-likeness (QED) is 0.848. The molecule has 0 aromatic carbocycles. The molecular formula is C12H16N4O. The average Bonchev–Trinajstić information content (AvgIpc) is 2.57. The molecule has 17 heavy (non-hydrogen) atoms. The van der Waals surface area contributed by atoms with Crippen LogP contribution in [-0.4, -0.2) is 9.97 Å². The van der Waals surface area contributed by atoms with Gasteiger partial charge in [0.25, 0.3) is 0 Å². The fourth-order valence-electron chi connectivity index (χ4n) is 1.56. The summed E-state index contributed by atoms with van der Waals surface area (Å²) in [5.41, 5.74) is 8.22. The first-order chi connectivity index (χ1) is 8.06. The van der Waals surface area contributed by atoms with E-state index in [4.69, 9.17) is 10.2 Å². The van der Waals surface area contributed by atoms with Gasteiger partial charge >= 0.3 is 0 Å². The van der Waals surface area contributed by atoms with Crippen LogP contribution in [0.4, 0.5) is 11.5 Å². The molecule has 0 unspecified atom stereocenters. The van der Waals surface area contributed by atoms with Gasteiger partial charge in [-0.25, -0.2) is 9.97 Å². The zero-order valence-electron chi connectivity index (χ0n) is 10.2. The Morgan fingerprint density at radius 3 is 2.71 bits per heavy atom. The van der Waals surface area contributed by atoms with Crippen molar-refractivity contribution >= 4 is 11.5 Å². The standard InChI is InChI=1S/C12H16N4O/c1-7-4-10(13)5-14-12(7)15-6-11-16-8(2)9(3)17-11/h4-5H,6,13H2,1-3H3,(H,14,15). The zero-order chi connectivity index (χ0) is 12.4. The van der Waals surface area contributed by atoms with Crippen molar-refractivity contribution in [1.82, 2.24) is 9.97 Å². The molecule has 0 aliphatic heterocycles. The van der Waals surface area contributed by atoms with Crippen molar-refractivity contribution in [3.8, 4) is 0 Å². The van der Waals surface area contributed by atoms with E-state index in [2.05, 4.69) is 15.3 Å². The van der Waals surface area contributed by atoms with Gasteiger partial charge in [0.05, 0.1) is 24.1 Å². The maximum absolute atomic E-state index is 5.64. The minimum absolute atomic E-state index is 0.520. The van der Waals surface area contributed by atoms with Crippen LogP contribution >= 0.6 is 0 Å². The summed E-state index contributed by atoms with van der Waals surface area (Å²) in [4.78, 5) is 8.51. The number of oxazole rings is 1. The monoisotopic (exact) mass is 232 g/mol. The third-order valence-corrected chi connectivity index (χ3v) is 2.58. The average molecular weight is 232 g/mol. The molecule has 90 valence electrons. The summed E-state index contributed by atoms with van der Waals surface area (Å²) in [6.45, 7) is 6.30. The second-order valence-electron chi connectivity index (χ2n) is 4.04. The lowest BCUT2D eigenvalue weighted by atomic mass is 10.2. The fourth-order valence-corrected chi connectivity index (χ4v) is 1.56. The molecule has 5 nitrogen and oxygen atoms in total. The predicted molar refractivity (Wildman–Crippen MR) is 66.7 cm³/mol. The number of nitrogens with two attached hydrogens (primary N) is 1. The largest absolute Gasteiger partial charge is 0.444 e. The fraction of sp³-hybridized carbons (Fsp3) is 0.333. The first-order valence-corrected chi connectivity index (χ1v) is 5.45. The molecule has 0 atom stereocenters. The van der Waals surface area contributed by atoms with E-state index in [1.807, 2.05) is 26.8 Å². The highest BCUT2D eigenvalue weighted by molar-refractivity contribution is 5.50. The van der Waals surface area contributed by atoms with E-state index in [-0.39, 0.29) is 0 Å². The molecule has 3 N–H and O–H groups in total. The highest BCUT2D eigenvalue weighted by Crippen LogP contribution is 2.15. The molecule has 0 radical (unpaired) electrons. The number of nitrogens with one attached hydrogen (secondary N) is 1. The van der Waals surface area contributed by atoms with Gasteiger partial charge in [-0.15, -0.1) is 0 Å². The van der Waals surface area contributed by atoms with Gasteiger partial charge in [0.1, 0.15) is 11.6 Å². The lowest BCUT2D eigenvalue weighted by molar-refractivity contribution is 0.478. The highest BCUT2D eigenvalue weighted by atomic mass is 16.4. The number of aryl methyl sites for hydroxylation is 3. The van der Waals surface area contributed by atoms with Gasteiger partial charge in [0.2, 0.25) is 5.89 Å². The van der Waals surface area contributed by atoms with Crippen molar-refractivity contribution in [3.63, 3.8) is 0 Å². The number of nitrogen functional groups attached to an aromatic ring is 1. The van der Waals surface area contributed by atoms with E-state index in [1.165, 1.54) is 0 Å². The molecule has 0 amide bonds. The van der Waals surface area contributed by atoms with Crippen LogP contribution in [0.25, 0.3) is 0 Å². The smallest absolute Gasteiger partial charge is 0.213 e. The van der Waals surface area contributed by atoms with Crippen molar-refractivity contribution in [3.05, 3.63) is 35.2 Å². The first-order valence-electron chi connectivity index (χ1n) is 5.45. The van der Waals surface area contributed by atoms with E-state index in [0.29, 0.717) is 18.1 Å². The third-order valence-electron chi connectivity index (χ3n) is 2.58. The minimum atomic E-state index is 0.520. The van der Waals surface area contributed by atoms with Crippen LogP contribution in [0, 0.1) is 20.8 Å². The van der Waals surface area contributed by atoms with Gasteiger partial charge < -0.3 is 15.5 Å². The van der Waals surface area contributed by atoms with Crippen molar-refractivity contribution in [2.45, 2.75) is 27.3 Å². The van der Waals surface area contributed by atoms with Gasteiger partial charge in [0.15, 0.2) is 0 Å². The Morgan fingerprint density at radius 2 is 2.12 bits per heavy atom. The van der Waals surface area contributed by atoms with Crippen LogP contribution in [0.2, 0.25) is 0 Å². The van der Waals surface area contributed by atoms with E-state index < -0.39 is 0 Å². The maximum atomic E-state index is 5.64. The molecule has 2 aromatic heterocycles. The molecule has 0 saturated carbocycles. The lowest BCUT2D eigenvalue weighted by Gasteiger charge is -2.06. The third kappa shape index (κ3) is 2.55. The summed E-state index contributed by atoms with van der Waals surface area (Å²) < 4.78 is 5.47. The number of hydrogen-bond acceptors (Lipinski definition) is 5. The van der Waals surface area contributed by atoms with Crippen LogP contribution in [0.3, 0.4) is 0 Å². The number of aromatic nitrogens is 2. The van der Waals surface area contributed by atoms with Gasteiger partial charge in [0, 0.05) is 0 Å². The van der Waals surface area contributed by atoms with Crippen LogP contribution in [0.15, 0.2) is 16.7 Å². The van der Waals surface area contributed by atoms with E-state index in [9.17, 15) is 0 Å². The molecule has 0 aliphatic carbocycles. The summed E-state index contributed by atoms with van der Waals surface area (Å²) in [6, 6.07) is 1.88. The van der Waals surface area contributed by atoms with E-state index in [0.717, 1.165) is 22.8 Å². The van der Waals surface area contributed by atoms with Gasteiger partial charge in [-0.2, -0.15) is 0 Å². The van der Waals surface area contributed by atoms with Crippen LogP contribution in [-0.2, 0) is 6.54 Å². The van der Waals surface area contributed by atoms with Crippen molar-refractivity contribution < 1.29 is 4.42 Å². The Labute approximate surface area is 100 Å². The summed E-state index contributed by atoms with van der Waals surface area (Å²) in [7, 11) is 0. The van der Waals surface area contributed by atoms with Gasteiger partial charge in [-0.05, 0) is 32.4 Å². The molecule has 2 rings (SSSR count). The highest BCUT2D eigenvalue weighted by Gasteiger charge is 2.06. The van der Waals surface area contributed by atoms with Crippen molar-refractivity contribution in [1.29, 1.82) is 0 Å². The molecule has 5 heteroatoms. The van der Waals surface area contributed by atoms with Crippen LogP contribution in [0.5, 0.6) is 0 Å². The predicted octanol–water partition coefficient (Wildman–Crippen LogP) is 2.19. The second kappa shape index (κ2) is 4.45. The second-order valence-corrected chi connectivity index (χ2v) is 4.04. The molecule has 0 saturated heterocycles. The number of anilines is 2.